The molecule has 0 fully saturated rings. The van der Waals surface area contributed by atoms with Crippen LogP contribution in [0.4, 0.5) is 4.79 Å². The number of carboxylic acids is 1. The standard InChI is InChI=1S/C26H27N3O5S/c1-29(12-6-11-24(30)31)25(32)23(13-17-14-27-16-35-17)28-26(33)34-15-22-20-9-4-2-7-18(20)19-8-3-5-10-21(19)22/h2-5,7-10,14,16,22-23H,6,11-13,15H2,1H3,(H,28,33)(H,30,31). The van der Waals surface area contributed by atoms with Crippen molar-refractivity contribution in [2.45, 2.75) is 31.2 Å². The normalized spacial score (nSPS) is 12.9. The number of hydrogen-bond acceptors (Lipinski definition) is 6. The summed E-state index contributed by atoms with van der Waals surface area (Å²) < 4.78 is 5.62. The minimum Gasteiger partial charge on any atom is -0.481 e. The van der Waals surface area contributed by atoms with E-state index in [1.807, 2.05) is 36.4 Å². The van der Waals surface area contributed by atoms with Crippen LogP contribution in [0.25, 0.3) is 11.1 Å². The van der Waals surface area contributed by atoms with E-state index in [1.54, 1.807) is 18.8 Å². The third kappa shape index (κ3) is 5.86. The molecule has 35 heavy (non-hydrogen) atoms. The molecule has 0 spiro atoms. The second-order valence-corrected chi connectivity index (χ2v) is 9.42. The summed E-state index contributed by atoms with van der Waals surface area (Å²) in [6.07, 6.45) is 1.56. The lowest BCUT2D eigenvalue weighted by Crippen LogP contribution is -2.49. The Labute approximate surface area is 207 Å². The Hall–Kier alpha value is -3.72. The molecule has 4 rings (SSSR count). The summed E-state index contributed by atoms with van der Waals surface area (Å²) in [5, 5.41) is 11.6. The zero-order valence-corrected chi connectivity index (χ0v) is 20.2. The summed E-state index contributed by atoms with van der Waals surface area (Å²) in [5.41, 5.74) is 6.16. The number of hydrogen-bond donors (Lipinski definition) is 2. The van der Waals surface area contributed by atoms with E-state index < -0.39 is 18.1 Å². The lowest BCUT2D eigenvalue weighted by atomic mass is 9.98. The van der Waals surface area contributed by atoms with E-state index in [1.165, 1.54) is 16.2 Å². The van der Waals surface area contributed by atoms with Gasteiger partial charge in [0.2, 0.25) is 5.91 Å². The molecule has 0 saturated heterocycles. The van der Waals surface area contributed by atoms with Gasteiger partial charge in [-0.1, -0.05) is 48.5 Å². The van der Waals surface area contributed by atoms with Crippen LogP contribution in [-0.2, 0) is 20.7 Å². The van der Waals surface area contributed by atoms with Gasteiger partial charge < -0.3 is 20.1 Å². The lowest BCUT2D eigenvalue weighted by molar-refractivity contribution is -0.138. The van der Waals surface area contributed by atoms with Gasteiger partial charge in [-0.2, -0.15) is 0 Å². The van der Waals surface area contributed by atoms with Crippen molar-refractivity contribution in [1.82, 2.24) is 15.2 Å². The second kappa shape index (κ2) is 11.1. The molecular weight excluding hydrogens is 466 g/mol. The number of aliphatic carboxylic acids is 1. The van der Waals surface area contributed by atoms with Crippen LogP contribution in [0.3, 0.4) is 0 Å². The van der Waals surface area contributed by atoms with Crippen LogP contribution in [0.15, 0.2) is 60.2 Å². The second-order valence-electron chi connectivity index (χ2n) is 8.45. The molecule has 1 heterocycles. The van der Waals surface area contributed by atoms with Gasteiger partial charge in [-0.15, -0.1) is 11.3 Å². The van der Waals surface area contributed by atoms with Crippen LogP contribution in [0.2, 0.25) is 0 Å². The molecule has 2 amide bonds. The number of benzene rings is 2. The van der Waals surface area contributed by atoms with Gasteiger partial charge in [0, 0.05) is 43.4 Å². The summed E-state index contributed by atoms with van der Waals surface area (Å²) in [7, 11) is 1.60. The molecule has 3 aromatic rings. The predicted octanol–water partition coefficient (Wildman–Crippen LogP) is 3.92. The highest BCUT2D eigenvalue weighted by Crippen LogP contribution is 2.44. The molecule has 0 radical (unpaired) electrons. The minimum absolute atomic E-state index is 0.0308. The van der Waals surface area contributed by atoms with E-state index in [9.17, 15) is 14.4 Å². The van der Waals surface area contributed by atoms with Gasteiger partial charge in [0.15, 0.2) is 0 Å². The number of alkyl carbamates (subject to hydrolysis) is 1. The summed E-state index contributed by atoms with van der Waals surface area (Å²) >= 11 is 1.40. The van der Waals surface area contributed by atoms with Gasteiger partial charge in [0.1, 0.15) is 12.6 Å². The van der Waals surface area contributed by atoms with Crippen LogP contribution in [0.1, 0.15) is 34.8 Å². The van der Waals surface area contributed by atoms with Gasteiger partial charge >= 0.3 is 12.1 Å². The lowest BCUT2D eigenvalue weighted by Gasteiger charge is -2.24. The fraction of sp³-hybridized carbons (Fsp3) is 0.308. The van der Waals surface area contributed by atoms with Gasteiger partial charge in [-0.05, 0) is 28.7 Å². The van der Waals surface area contributed by atoms with Gasteiger partial charge in [-0.3, -0.25) is 14.6 Å². The highest BCUT2D eigenvalue weighted by molar-refractivity contribution is 7.09. The topological polar surface area (TPSA) is 109 Å². The number of ether oxygens (including phenoxy) is 1. The van der Waals surface area contributed by atoms with E-state index in [0.717, 1.165) is 27.1 Å². The fourth-order valence-corrected chi connectivity index (χ4v) is 5.01. The van der Waals surface area contributed by atoms with E-state index in [0.29, 0.717) is 6.42 Å². The molecule has 1 atom stereocenters. The van der Waals surface area contributed by atoms with Crippen molar-refractivity contribution in [3.05, 3.63) is 76.2 Å². The number of carboxylic acid groups (broad SMARTS) is 1. The molecule has 1 unspecified atom stereocenters. The number of carbonyl (C=O) groups is 3. The predicted molar refractivity (Wildman–Crippen MR) is 132 cm³/mol. The Balaban J connectivity index is 1.41. The maximum Gasteiger partial charge on any atom is 0.407 e. The number of aromatic nitrogens is 1. The Kier molecular flexibility index (Phi) is 7.77. The van der Waals surface area contributed by atoms with E-state index >= 15 is 0 Å². The molecule has 2 aromatic carbocycles. The smallest absolute Gasteiger partial charge is 0.407 e. The third-order valence-corrected chi connectivity index (χ3v) is 6.88. The zero-order chi connectivity index (χ0) is 24.8. The molecule has 1 aliphatic carbocycles. The van der Waals surface area contributed by atoms with Crippen molar-refractivity contribution >= 4 is 29.3 Å². The Bertz CT molecular complexity index is 1150. The van der Waals surface area contributed by atoms with Crippen LogP contribution in [0, 0.1) is 0 Å². The van der Waals surface area contributed by atoms with E-state index in [4.69, 9.17) is 9.84 Å². The van der Waals surface area contributed by atoms with Crippen molar-refractivity contribution in [1.29, 1.82) is 0 Å². The van der Waals surface area contributed by atoms with Crippen molar-refractivity contribution in [2.75, 3.05) is 20.2 Å². The number of nitrogens with one attached hydrogen (secondary N) is 1. The highest BCUT2D eigenvalue weighted by atomic mass is 32.1. The first kappa shape index (κ1) is 24.4. The van der Waals surface area contributed by atoms with Crippen LogP contribution in [0.5, 0.6) is 0 Å². The molecule has 9 heteroatoms. The Morgan fingerprint density at radius 1 is 1.11 bits per heavy atom. The van der Waals surface area contributed by atoms with E-state index in [2.05, 4.69) is 22.4 Å². The first-order valence-corrected chi connectivity index (χ1v) is 12.3. The number of fused-ring (bicyclic) bond motifs is 3. The quantitative estimate of drug-likeness (QED) is 0.443. The molecule has 2 N–H and O–H groups in total. The van der Waals surface area contributed by atoms with Gasteiger partial charge in [-0.25, -0.2) is 4.79 Å². The summed E-state index contributed by atoms with van der Waals surface area (Å²) in [6.45, 7) is 0.423. The van der Waals surface area contributed by atoms with E-state index in [-0.39, 0.29) is 37.8 Å². The maximum absolute atomic E-state index is 13.1. The number of carbonyl (C=O) groups excluding carboxylic acids is 2. The van der Waals surface area contributed by atoms with Crippen molar-refractivity contribution < 1.29 is 24.2 Å². The number of amides is 2. The van der Waals surface area contributed by atoms with Crippen LogP contribution >= 0.6 is 11.3 Å². The maximum atomic E-state index is 13.1. The summed E-state index contributed by atoms with van der Waals surface area (Å²) in [6, 6.07) is 15.3. The average Bonchev–Trinajstić information content (AvgIpc) is 3.47. The fourth-order valence-electron chi connectivity index (χ4n) is 4.37. The molecule has 0 aliphatic heterocycles. The van der Waals surface area contributed by atoms with Crippen LogP contribution < -0.4 is 5.32 Å². The van der Waals surface area contributed by atoms with Crippen molar-refractivity contribution in [2.24, 2.45) is 0 Å². The summed E-state index contributed by atoms with van der Waals surface area (Å²) in [4.78, 5) is 43.0. The monoisotopic (exact) mass is 493 g/mol. The minimum atomic E-state index is -0.913. The number of nitrogens with zero attached hydrogens (tertiary/aromatic N) is 2. The number of thiazole rings is 1. The van der Waals surface area contributed by atoms with Gasteiger partial charge in [0.25, 0.3) is 0 Å². The first-order chi connectivity index (χ1) is 16.9. The van der Waals surface area contributed by atoms with Crippen molar-refractivity contribution in [3.63, 3.8) is 0 Å². The number of likely N-dealkylation sites (N-methyl/N-ethyl adjacent to an activating group) is 1. The molecule has 0 saturated carbocycles. The Morgan fingerprint density at radius 2 is 1.77 bits per heavy atom. The third-order valence-electron chi connectivity index (χ3n) is 6.08. The molecule has 8 nitrogen and oxygen atoms in total. The molecule has 1 aromatic heterocycles. The Morgan fingerprint density at radius 3 is 2.37 bits per heavy atom. The van der Waals surface area contributed by atoms with Crippen molar-refractivity contribution in [3.8, 4) is 11.1 Å². The van der Waals surface area contributed by atoms with Crippen LogP contribution in [-0.4, -0.2) is 59.2 Å². The molecule has 182 valence electrons. The largest absolute Gasteiger partial charge is 0.481 e. The van der Waals surface area contributed by atoms with Gasteiger partial charge in [0.05, 0.1) is 5.51 Å². The average molecular weight is 494 g/mol. The SMILES string of the molecule is CN(CCCC(=O)O)C(=O)C(Cc1cncs1)NC(=O)OCC1c2ccccc2-c2ccccc21. The summed E-state index contributed by atoms with van der Waals surface area (Å²) in [5.74, 6) is -1.30. The number of rotatable bonds is 10. The molecule has 1 aliphatic rings. The zero-order valence-electron chi connectivity index (χ0n) is 19.3. The highest BCUT2D eigenvalue weighted by Gasteiger charge is 2.30. The molecule has 0 bridgehead atoms. The first-order valence-electron chi connectivity index (χ1n) is 11.4. The molecular formula is C26H27N3O5S.